The summed E-state index contributed by atoms with van der Waals surface area (Å²) in [6, 6.07) is 36.4. The second-order valence-electron chi connectivity index (χ2n) is 9.55. The molecule has 0 heterocycles. The number of allylic oxidation sites excluding steroid dienone is 4. The molecule has 2 N–H and O–H groups in total. The van der Waals surface area contributed by atoms with Crippen molar-refractivity contribution in [2.75, 3.05) is 5.73 Å². The van der Waals surface area contributed by atoms with E-state index in [0.29, 0.717) is 5.56 Å². The number of rotatable bonds is 2. The summed E-state index contributed by atoms with van der Waals surface area (Å²) >= 11 is 0. The van der Waals surface area contributed by atoms with E-state index in [-0.39, 0.29) is 0 Å². The first kappa shape index (κ1) is 24.3. The third kappa shape index (κ3) is 6.05. The van der Waals surface area contributed by atoms with Crippen LogP contribution in [0.4, 0.5) is 5.69 Å². The molecule has 0 radical (unpaired) electrons. The number of anilines is 1. The highest BCUT2D eigenvalue weighted by molar-refractivity contribution is 6.08. The van der Waals surface area contributed by atoms with Crippen LogP contribution in [0.2, 0.25) is 0 Å². The van der Waals surface area contributed by atoms with Crippen LogP contribution in [0.15, 0.2) is 133 Å². The Labute approximate surface area is 218 Å². The maximum absolute atomic E-state index is 10.5. The van der Waals surface area contributed by atoms with Gasteiger partial charge in [-0.25, -0.2) is 0 Å². The molecule has 2 heteroatoms. The number of nitrogens with two attached hydrogens (primary N) is 1. The van der Waals surface area contributed by atoms with Gasteiger partial charge in [-0.05, 0) is 69.5 Å². The summed E-state index contributed by atoms with van der Waals surface area (Å²) in [4.78, 5) is 10.5. The van der Waals surface area contributed by atoms with E-state index in [1.165, 1.54) is 39.9 Å². The molecule has 0 atom stereocenters. The molecule has 0 aliphatic heterocycles. The molecule has 8 rings (SSSR count). The van der Waals surface area contributed by atoms with Crippen molar-refractivity contribution in [3.05, 3.63) is 139 Å². The van der Waals surface area contributed by atoms with Crippen LogP contribution in [0.25, 0.3) is 32.7 Å². The van der Waals surface area contributed by atoms with Crippen LogP contribution in [-0.2, 0) is 0 Å². The fourth-order valence-corrected chi connectivity index (χ4v) is 4.87. The van der Waals surface area contributed by atoms with Crippen molar-refractivity contribution in [2.24, 2.45) is 11.8 Å². The van der Waals surface area contributed by atoms with Crippen LogP contribution < -0.4 is 5.73 Å². The highest BCUT2D eigenvalue weighted by atomic mass is 16.1. The molecular formula is C35H31NO. The molecule has 37 heavy (non-hydrogen) atoms. The van der Waals surface area contributed by atoms with Crippen molar-refractivity contribution < 1.29 is 4.79 Å². The van der Waals surface area contributed by atoms with Crippen molar-refractivity contribution in [3.8, 4) is 11.1 Å². The molecule has 2 bridgehead atoms. The summed E-state index contributed by atoms with van der Waals surface area (Å²) in [6.45, 7) is 0. The highest BCUT2D eigenvalue weighted by Crippen LogP contribution is 2.29. The van der Waals surface area contributed by atoms with Gasteiger partial charge in [-0.1, -0.05) is 121 Å². The van der Waals surface area contributed by atoms with Gasteiger partial charge >= 0.3 is 0 Å². The molecule has 0 spiro atoms. The summed E-state index contributed by atoms with van der Waals surface area (Å²) in [7, 11) is 0. The maximum atomic E-state index is 10.5. The molecule has 2 nitrogen and oxygen atoms in total. The van der Waals surface area contributed by atoms with Crippen molar-refractivity contribution in [1.29, 1.82) is 0 Å². The van der Waals surface area contributed by atoms with E-state index in [0.717, 1.165) is 29.4 Å². The molecule has 0 amide bonds. The summed E-state index contributed by atoms with van der Waals surface area (Å²) in [5, 5.41) is 4.99. The Kier molecular flexibility index (Phi) is 7.57. The number of nitrogen functional groups attached to an aromatic ring is 1. The lowest BCUT2D eigenvalue weighted by atomic mass is 9.82. The molecule has 5 aromatic rings. The van der Waals surface area contributed by atoms with Gasteiger partial charge in [0, 0.05) is 11.3 Å². The van der Waals surface area contributed by atoms with Gasteiger partial charge in [0.15, 0.2) is 0 Å². The SMILES string of the molecule is C1=CC2C=CC1CC2.Nc1ccc2ccc3ccccc3c2c1.O=Cc1ccc(-c2ccccc2)cc1. The number of benzene rings is 5. The number of hydrogen-bond donors (Lipinski definition) is 1. The van der Waals surface area contributed by atoms with Gasteiger partial charge in [0.2, 0.25) is 0 Å². The Morgan fingerprint density at radius 1 is 0.568 bits per heavy atom. The summed E-state index contributed by atoms with van der Waals surface area (Å²) in [5.74, 6) is 1.58. The number of carbonyl (C=O) groups is 1. The third-order valence-electron chi connectivity index (χ3n) is 6.97. The smallest absolute Gasteiger partial charge is 0.150 e. The monoisotopic (exact) mass is 481 g/mol. The molecule has 0 unspecified atom stereocenters. The Morgan fingerprint density at radius 3 is 1.70 bits per heavy atom. The first-order valence-corrected chi connectivity index (χ1v) is 12.8. The molecule has 5 aromatic carbocycles. The first-order valence-electron chi connectivity index (χ1n) is 12.8. The lowest BCUT2D eigenvalue weighted by Crippen LogP contribution is -2.10. The zero-order valence-corrected chi connectivity index (χ0v) is 20.8. The van der Waals surface area contributed by atoms with Gasteiger partial charge in [0.25, 0.3) is 0 Å². The number of fused-ring (bicyclic) bond motifs is 4. The van der Waals surface area contributed by atoms with E-state index in [1.54, 1.807) is 0 Å². The van der Waals surface area contributed by atoms with E-state index < -0.39 is 0 Å². The molecule has 3 aliphatic carbocycles. The average Bonchev–Trinajstić information content (AvgIpc) is 2.99. The quantitative estimate of drug-likeness (QED) is 0.118. The zero-order chi connectivity index (χ0) is 25.5. The van der Waals surface area contributed by atoms with Gasteiger partial charge in [-0.15, -0.1) is 0 Å². The van der Waals surface area contributed by atoms with E-state index in [2.05, 4.69) is 78.9 Å². The standard InChI is InChI=1S/C14H11N.C13H10O.C8H10/c15-12-8-7-11-6-5-10-3-1-2-4-13(10)14(11)9-12;14-10-11-6-8-13(9-7-11)12-4-2-1-3-5-12;1-2-8-5-3-7(1)4-6-8/h1-9H,15H2;1-10H;1-3,5,7-8H,4,6H2. The minimum Gasteiger partial charge on any atom is -0.399 e. The largest absolute Gasteiger partial charge is 0.399 e. The van der Waals surface area contributed by atoms with E-state index in [9.17, 15) is 4.79 Å². The van der Waals surface area contributed by atoms with Crippen LogP contribution in [-0.4, -0.2) is 6.29 Å². The van der Waals surface area contributed by atoms with E-state index in [4.69, 9.17) is 5.73 Å². The molecule has 0 saturated carbocycles. The van der Waals surface area contributed by atoms with Crippen molar-refractivity contribution in [3.63, 3.8) is 0 Å². The van der Waals surface area contributed by atoms with Gasteiger partial charge in [-0.3, -0.25) is 4.79 Å². The Bertz CT molecular complexity index is 1520. The summed E-state index contributed by atoms with van der Waals surface area (Å²) in [5.41, 5.74) is 9.65. The minimum absolute atomic E-state index is 0.713. The van der Waals surface area contributed by atoms with Crippen molar-refractivity contribution >= 4 is 33.5 Å². The van der Waals surface area contributed by atoms with Crippen LogP contribution >= 0.6 is 0 Å². The minimum atomic E-state index is 0.713. The van der Waals surface area contributed by atoms with Crippen molar-refractivity contribution in [1.82, 2.24) is 0 Å². The number of aldehydes is 1. The predicted octanol–water partition coefficient (Wildman–Crippen LogP) is 8.88. The summed E-state index contributed by atoms with van der Waals surface area (Å²) < 4.78 is 0. The summed E-state index contributed by atoms with van der Waals surface area (Å²) in [6.07, 6.45) is 12.9. The van der Waals surface area contributed by atoms with Crippen molar-refractivity contribution in [2.45, 2.75) is 12.8 Å². The second kappa shape index (κ2) is 11.5. The maximum Gasteiger partial charge on any atom is 0.150 e. The first-order chi connectivity index (χ1) is 18.2. The Balaban J connectivity index is 0.000000119. The molecular weight excluding hydrogens is 450 g/mol. The van der Waals surface area contributed by atoms with Crippen LogP contribution in [0.1, 0.15) is 23.2 Å². The molecule has 182 valence electrons. The predicted molar refractivity (Wildman–Crippen MR) is 158 cm³/mol. The highest BCUT2D eigenvalue weighted by Gasteiger charge is 2.15. The van der Waals surface area contributed by atoms with E-state index >= 15 is 0 Å². The molecule has 0 saturated heterocycles. The second-order valence-corrected chi connectivity index (χ2v) is 9.55. The fraction of sp³-hybridized carbons (Fsp3) is 0.114. The zero-order valence-electron chi connectivity index (χ0n) is 20.8. The number of hydrogen-bond acceptors (Lipinski definition) is 2. The van der Waals surface area contributed by atoms with Crippen LogP contribution in [0, 0.1) is 11.8 Å². The fourth-order valence-electron chi connectivity index (χ4n) is 4.87. The Hall–Kier alpha value is -4.43. The normalized spacial score (nSPS) is 17.0. The topological polar surface area (TPSA) is 43.1 Å². The molecule has 3 aliphatic rings. The molecule has 0 aromatic heterocycles. The Morgan fingerprint density at radius 2 is 1.11 bits per heavy atom. The average molecular weight is 482 g/mol. The molecule has 0 fully saturated rings. The van der Waals surface area contributed by atoms with Crippen LogP contribution in [0.5, 0.6) is 0 Å². The van der Waals surface area contributed by atoms with Gasteiger partial charge < -0.3 is 5.73 Å². The number of carbonyl (C=O) groups excluding carboxylic acids is 1. The third-order valence-corrected chi connectivity index (χ3v) is 6.97. The van der Waals surface area contributed by atoms with E-state index in [1.807, 2.05) is 54.6 Å². The van der Waals surface area contributed by atoms with Gasteiger partial charge in [-0.2, -0.15) is 0 Å². The van der Waals surface area contributed by atoms with Crippen LogP contribution in [0.3, 0.4) is 0 Å². The lowest BCUT2D eigenvalue weighted by Gasteiger charge is -2.23. The van der Waals surface area contributed by atoms with Gasteiger partial charge in [0.1, 0.15) is 6.29 Å². The lowest BCUT2D eigenvalue weighted by molar-refractivity contribution is 0.112. The van der Waals surface area contributed by atoms with Gasteiger partial charge in [0.05, 0.1) is 0 Å².